The molecule has 0 aromatic heterocycles. The summed E-state index contributed by atoms with van der Waals surface area (Å²) in [5.41, 5.74) is 9.30. The zero-order valence-electron chi connectivity index (χ0n) is 12.3. The third-order valence-electron chi connectivity index (χ3n) is 3.16. The first-order chi connectivity index (χ1) is 10.0. The predicted octanol–water partition coefficient (Wildman–Crippen LogP) is 4.04. The normalized spacial score (nSPS) is 11.0. The number of hydrogen-bond donors (Lipinski definition) is 2. The van der Waals surface area contributed by atoms with Gasteiger partial charge in [0.1, 0.15) is 0 Å². The molecule has 0 aliphatic rings. The Hall–Kier alpha value is -2.55. The fourth-order valence-corrected chi connectivity index (χ4v) is 1.99. The lowest BCUT2D eigenvalue weighted by atomic mass is 10.0. The summed E-state index contributed by atoms with van der Waals surface area (Å²) in [4.78, 5) is 11.9. The first-order valence-corrected chi connectivity index (χ1v) is 6.99. The molecule has 0 unspecified atom stereocenters. The molecule has 0 spiro atoms. The van der Waals surface area contributed by atoms with Gasteiger partial charge in [0, 0.05) is 17.5 Å². The predicted molar refractivity (Wildman–Crippen MR) is 89.0 cm³/mol. The van der Waals surface area contributed by atoms with E-state index in [1.165, 1.54) is 11.6 Å². The highest BCUT2D eigenvalue weighted by Crippen LogP contribution is 2.18. The quantitative estimate of drug-likeness (QED) is 0.656. The van der Waals surface area contributed by atoms with E-state index in [1.54, 1.807) is 6.08 Å². The van der Waals surface area contributed by atoms with E-state index < -0.39 is 0 Å². The molecule has 0 atom stereocenters. The third-order valence-corrected chi connectivity index (χ3v) is 3.16. The summed E-state index contributed by atoms with van der Waals surface area (Å²) >= 11 is 0. The van der Waals surface area contributed by atoms with Crippen molar-refractivity contribution in [2.75, 3.05) is 11.1 Å². The van der Waals surface area contributed by atoms with Gasteiger partial charge in [-0.1, -0.05) is 38.1 Å². The van der Waals surface area contributed by atoms with Crippen LogP contribution in [0.4, 0.5) is 11.4 Å². The van der Waals surface area contributed by atoms with E-state index in [1.807, 2.05) is 42.5 Å². The number of nitrogens with one attached hydrogen (secondary N) is 1. The SMILES string of the molecule is CC(C)c1cccc(NC(=O)/C=C/c2cccc(N)c2)c1. The van der Waals surface area contributed by atoms with E-state index in [0.29, 0.717) is 11.6 Å². The van der Waals surface area contributed by atoms with Crippen molar-refractivity contribution in [3.8, 4) is 0 Å². The molecule has 3 N–H and O–H groups in total. The van der Waals surface area contributed by atoms with Crippen LogP contribution in [0, 0.1) is 0 Å². The summed E-state index contributed by atoms with van der Waals surface area (Å²) in [6.45, 7) is 4.25. The highest BCUT2D eigenvalue weighted by molar-refractivity contribution is 6.02. The van der Waals surface area contributed by atoms with Crippen LogP contribution in [0.25, 0.3) is 6.08 Å². The summed E-state index contributed by atoms with van der Waals surface area (Å²) in [5, 5.41) is 2.87. The molecule has 0 heterocycles. The highest BCUT2D eigenvalue weighted by Gasteiger charge is 2.02. The standard InChI is InChI=1S/C18H20N2O/c1-13(2)15-6-4-8-17(12-15)20-18(21)10-9-14-5-3-7-16(19)11-14/h3-13H,19H2,1-2H3,(H,20,21)/b10-9+. The Morgan fingerprint density at radius 2 is 1.90 bits per heavy atom. The van der Waals surface area contributed by atoms with Crippen molar-refractivity contribution >= 4 is 23.4 Å². The second-order valence-electron chi connectivity index (χ2n) is 5.27. The van der Waals surface area contributed by atoms with Gasteiger partial charge in [0.05, 0.1) is 0 Å². The van der Waals surface area contributed by atoms with Gasteiger partial charge in [0.2, 0.25) is 5.91 Å². The largest absolute Gasteiger partial charge is 0.399 e. The third kappa shape index (κ3) is 4.49. The fraction of sp³-hybridized carbons (Fsp3) is 0.167. The van der Waals surface area contributed by atoms with Crippen LogP contribution in [-0.4, -0.2) is 5.91 Å². The van der Waals surface area contributed by atoms with Crippen molar-refractivity contribution in [3.05, 3.63) is 65.7 Å². The van der Waals surface area contributed by atoms with Crippen molar-refractivity contribution in [3.63, 3.8) is 0 Å². The van der Waals surface area contributed by atoms with Crippen LogP contribution in [-0.2, 0) is 4.79 Å². The first kappa shape index (κ1) is 14.9. The van der Waals surface area contributed by atoms with Crippen molar-refractivity contribution in [1.29, 1.82) is 0 Å². The number of nitrogen functional groups attached to an aromatic ring is 1. The lowest BCUT2D eigenvalue weighted by Crippen LogP contribution is -2.08. The monoisotopic (exact) mass is 280 g/mol. The smallest absolute Gasteiger partial charge is 0.248 e. The molecule has 3 heteroatoms. The van der Waals surface area contributed by atoms with Crippen LogP contribution in [0.5, 0.6) is 0 Å². The lowest BCUT2D eigenvalue weighted by molar-refractivity contribution is -0.111. The molecule has 0 radical (unpaired) electrons. The molecule has 2 rings (SSSR count). The Morgan fingerprint density at radius 1 is 1.14 bits per heavy atom. The second kappa shape index (κ2) is 6.75. The molecule has 2 aromatic carbocycles. The van der Waals surface area contributed by atoms with Crippen LogP contribution in [0.15, 0.2) is 54.6 Å². The average Bonchev–Trinajstić information content (AvgIpc) is 2.45. The number of benzene rings is 2. The molecular formula is C18H20N2O. The second-order valence-corrected chi connectivity index (χ2v) is 5.27. The minimum Gasteiger partial charge on any atom is -0.399 e. The molecule has 21 heavy (non-hydrogen) atoms. The Bertz CT molecular complexity index is 660. The van der Waals surface area contributed by atoms with Crippen molar-refractivity contribution in [2.24, 2.45) is 0 Å². The summed E-state index contributed by atoms with van der Waals surface area (Å²) < 4.78 is 0. The van der Waals surface area contributed by atoms with E-state index in [2.05, 4.69) is 25.2 Å². The number of rotatable bonds is 4. The molecule has 0 aliphatic heterocycles. The van der Waals surface area contributed by atoms with E-state index >= 15 is 0 Å². The minimum atomic E-state index is -0.154. The Morgan fingerprint density at radius 3 is 2.62 bits per heavy atom. The molecule has 0 bridgehead atoms. The Balaban J connectivity index is 2.03. The fourth-order valence-electron chi connectivity index (χ4n) is 1.99. The van der Waals surface area contributed by atoms with Gasteiger partial charge in [0.25, 0.3) is 0 Å². The maximum absolute atomic E-state index is 11.9. The highest BCUT2D eigenvalue weighted by atomic mass is 16.1. The topological polar surface area (TPSA) is 55.1 Å². The number of carbonyl (C=O) groups excluding carboxylic acids is 1. The lowest BCUT2D eigenvalue weighted by Gasteiger charge is -2.08. The van der Waals surface area contributed by atoms with E-state index in [0.717, 1.165) is 11.3 Å². The average molecular weight is 280 g/mol. The van der Waals surface area contributed by atoms with Gasteiger partial charge < -0.3 is 11.1 Å². The molecule has 108 valence electrons. The van der Waals surface area contributed by atoms with Gasteiger partial charge in [-0.2, -0.15) is 0 Å². The molecule has 1 amide bonds. The molecule has 0 fully saturated rings. The Kier molecular flexibility index (Phi) is 4.77. The Labute approximate surface area is 125 Å². The first-order valence-electron chi connectivity index (χ1n) is 6.99. The van der Waals surface area contributed by atoms with Crippen LogP contribution >= 0.6 is 0 Å². The van der Waals surface area contributed by atoms with Gasteiger partial charge in [-0.25, -0.2) is 0 Å². The van der Waals surface area contributed by atoms with Crippen LogP contribution in [0.2, 0.25) is 0 Å². The maximum Gasteiger partial charge on any atom is 0.248 e. The number of anilines is 2. The summed E-state index contributed by atoms with van der Waals surface area (Å²) in [7, 11) is 0. The van der Waals surface area contributed by atoms with Crippen LogP contribution < -0.4 is 11.1 Å². The molecule has 0 saturated carbocycles. The number of amides is 1. The molecule has 0 saturated heterocycles. The van der Waals surface area contributed by atoms with Gasteiger partial charge in [0.15, 0.2) is 0 Å². The van der Waals surface area contributed by atoms with Gasteiger partial charge >= 0.3 is 0 Å². The minimum absolute atomic E-state index is 0.154. The van der Waals surface area contributed by atoms with E-state index in [9.17, 15) is 4.79 Å². The van der Waals surface area contributed by atoms with Crippen LogP contribution in [0.1, 0.15) is 30.9 Å². The van der Waals surface area contributed by atoms with Gasteiger partial charge in [-0.3, -0.25) is 4.79 Å². The van der Waals surface area contributed by atoms with Crippen molar-refractivity contribution < 1.29 is 4.79 Å². The van der Waals surface area contributed by atoms with E-state index in [-0.39, 0.29) is 5.91 Å². The zero-order chi connectivity index (χ0) is 15.2. The number of nitrogens with two attached hydrogens (primary N) is 1. The number of carbonyl (C=O) groups is 1. The summed E-state index contributed by atoms with van der Waals surface area (Å²) in [6, 6.07) is 15.3. The van der Waals surface area contributed by atoms with E-state index in [4.69, 9.17) is 5.73 Å². The summed E-state index contributed by atoms with van der Waals surface area (Å²) in [5.74, 6) is 0.281. The maximum atomic E-state index is 11.9. The zero-order valence-corrected chi connectivity index (χ0v) is 12.3. The summed E-state index contributed by atoms with van der Waals surface area (Å²) in [6.07, 6.45) is 3.26. The van der Waals surface area contributed by atoms with Crippen molar-refractivity contribution in [1.82, 2.24) is 0 Å². The van der Waals surface area contributed by atoms with Crippen molar-refractivity contribution in [2.45, 2.75) is 19.8 Å². The van der Waals surface area contributed by atoms with Crippen LogP contribution in [0.3, 0.4) is 0 Å². The molecule has 0 aliphatic carbocycles. The number of hydrogen-bond acceptors (Lipinski definition) is 2. The van der Waals surface area contributed by atoms with Gasteiger partial charge in [-0.15, -0.1) is 0 Å². The molecule has 2 aromatic rings. The van der Waals surface area contributed by atoms with Gasteiger partial charge in [-0.05, 0) is 47.4 Å². The molecule has 3 nitrogen and oxygen atoms in total. The molecular weight excluding hydrogens is 260 g/mol.